The third kappa shape index (κ3) is 4.25. The molecular formula is C24H24F2N4O3. The van der Waals surface area contributed by atoms with Crippen LogP contribution in [0.2, 0.25) is 0 Å². The number of carbonyl (C=O) groups excluding carboxylic acids is 3. The van der Waals surface area contributed by atoms with Crippen LogP contribution in [-0.4, -0.2) is 51.6 Å². The van der Waals surface area contributed by atoms with E-state index in [-0.39, 0.29) is 42.9 Å². The maximum Gasteiger partial charge on any atom is 0.255 e. The predicted octanol–water partition coefficient (Wildman–Crippen LogP) is 2.50. The smallest absolute Gasteiger partial charge is 0.255 e. The number of rotatable bonds is 4. The van der Waals surface area contributed by atoms with E-state index in [1.54, 1.807) is 6.07 Å². The summed E-state index contributed by atoms with van der Waals surface area (Å²) in [5, 5.41) is 2.29. The van der Waals surface area contributed by atoms with Crippen LogP contribution in [0.15, 0.2) is 30.5 Å². The van der Waals surface area contributed by atoms with Crippen molar-refractivity contribution in [2.75, 3.05) is 13.1 Å². The van der Waals surface area contributed by atoms with Crippen molar-refractivity contribution in [3.05, 3.63) is 64.5 Å². The van der Waals surface area contributed by atoms with Crippen molar-refractivity contribution >= 4 is 17.7 Å². The molecule has 2 aromatic rings. The Morgan fingerprint density at radius 1 is 1.03 bits per heavy atom. The second-order valence-electron chi connectivity index (χ2n) is 8.94. The fourth-order valence-electron chi connectivity index (χ4n) is 5.15. The molecule has 1 aromatic heterocycles. The average Bonchev–Trinajstić information content (AvgIpc) is 3.11. The summed E-state index contributed by atoms with van der Waals surface area (Å²) in [6, 6.07) is 5.13. The number of aromatic nitrogens is 1. The lowest BCUT2D eigenvalue weighted by Crippen LogP contribution is -2.52. The molecule has 3 aliphatic heterocycles. The van der Waals surface area contributed by atoms with Gasteiger partial charge in [0.25, 0.3) is 5.91 Å². The molecule has 172 valence electrons. The summed E-state index contributed by atoms with van der Waals surface area (Å²) in [7, 11) is 0. The van der Waals surface area contributed by atoms with E-state index in [9.17, 15) is 23.2 Å². The van der Waals surface area contributed by atoms with Gasteiger partial charge in [-0.3, -0.25) is 29.6 Å². The number of benzene rings is 1. The molecule has 0 bridgehead atoms. The first-order chi connectivity index (χ1) is 15.9. The molecule has 5 rings (SSSR count). The van der Waals surface area contributed by atoms with Crippen LogP contribution in [0.25, 0.3) is 0 Å². The van der Waals surface area contributed by atoms with Crippen LogP contribution < -0.4 is 5.32 Å². The highest BCUT2D eigenvalue weighted by atomic mass is 19.1. The molecule has 0 spiro atoms. The lowest BCUT2D eigenvalue weighted by molar-refractivity contribution is -0.136. The Bertz CT molecular complexity index is 1110. The highest BCUT2D eigenvalue weighted by Gasteiger charge is 2.41. The average molecular weight is 454 g/mol. The molecule has 2 fully saturated rings. The lowest BCUT2D eigenvalue weighted by Gasteiger charge is -2.33. The van der Waals surface area contributed by atoms with Gasteiger partial charge in [0.05, 0.1) is 11.9 Å². The summed E-state index contributed by atoms with van der Waals surface area (Å²) in [6.07, 6.45) is 3.26. The van der Waals surface area contributed by atoms with E-state index in [4.69, 9.17) is 0 Å². The van der Waals surface area contributed by atoms with E-state index in [0.717, 1.165) is 42.8 Å². The van der Waals surface area contributed by atoms with Crippen molar-refractivity contribution in [3.63, 3.8) is 0 Å². The molecule has 3 amide bonds. The third-order valence-electron chi connectivity index (χ3n) is 6.86. The Morgan fingerprint density at radius 2 is 1.82 bits per heavy atom. The minimum absolute atomic E-state index is 0.0985. The van der Waals surface area contributed by atoms with Crippen LogP contribution in [-0.2, 0) is 22.7 Å². The number of carbonyl (C=O) groups is 3. The van der Waals surface area contributed by atoms with Crippen molar-refractivity contribution < 1.29 is 23.2 Å². The molecule has 0 aliphatic carbocycles. The molecule has 1 unspecified atom stereocenters. The van der Waals surface area contributed by atoms with Gasteiger partial charge in [-0.2, -0.15) is 0 Å². The van der Waals surface area contributed by atoms with Gasteiger partial charge in [-0.05, 0) is 73.7 Å². The Balaban J connectivity index is 1.31. The molecule has 33 heavy (non-hydrogen) atoms. The van der Waals surface area contributed by atoms with Crippen molar-refractivity contribution in [1.82, 2.24) is 20.1 Å². The predicted molar refractivity (Wildman–Crippen MR) is 114 cm³/mol. The first-order valence-electron chi connectivity index (χ1n) is 11.2. The molecule has 3 aliphatic rings. The molecule has 0 radical (unpaired) electrons. The monoisotopic (exact) mass is 454 g/mol. The van der Waals surface area contributed by atoms with Crippen molar-refractivity contribution in [2.24, 2.45) is 0 Å². The number of piperidine rings is 2. The Labute approximate surface area is 189 Å². The number of amides is 3. The lowest BCUT2D eigenvalue weighted by atomic mass is 9.85. The number of hydrogen-bond donors (Lipinski definition) is 1. The number of fused-ring (bicyclic) bond motifs is 1. The van der Waals surface area contributed by atoms with E-state index in [0.29, 0.717) is 12.1 Å². The number of imide groups is 1. The second-order valence-corrected chi connectivity index (χ2v) is 8.94. The normalized spacial score (nSPS) is 21.9. The first kappa shape index (κ1) is 21.6. The zero-order valence-electron chi connectivity index (χ0n) is 18.0. The zero-order valence-corrected chi connectivity index (χ0v) is 18.0. The van der Waals surface area contributed by atoms with E-state index in [2.05, 4.69) is 15.2 Å². The quantitative estimate of drug-likeness (QED) is 0.718. The van der Waals surface area contributed by atoms with E-state index in [1.165, 1.54) is 29.3 Å². The summed E-state index contributed by atoms with van der Waals surface area (Å²) >= 11 is 0. The molecule has 4 heterocycles. The van der Waals surface area contributed by atoms with Crippen molar-refractivity contribution in [3.8, 4) is 0 Å². The fraction of sp³-hybridized carbons (Fsp3) is 0.417. The largest absolute Gasteiger partial charge is 0.322 e. The molecule has 2 saturated heterocycles. The van der Waals surface area contributed by atoms with Gasteiger partial charge in [0.1, 0.15) is 17.7 Å². The third-order valence-corrected chi connectivity index (χ3v) is 6.86. The van der Waals surface area contributed by atoms with Gasteiger partial charge >= 0.3 is 0 Å². The highest BCUT2D eigenvalue weighted by Crippen LogP contribution is 2.37. The van der Waals surface area contributed by atoms with Crippen molar-refractivity contribution in [2.45, 2.75) is 50.7 Å². The van der Waals surface area contributed by atoms with Gasteiger partial charge in [-0.25, -0.2) is 8.78 Å². The van der Waals surface area contributed by atoms with Crippen LogP contribution >= 0.6 is 0 Å². The Kier molecular flexibility index (Phi) is 5.65. The van der Waals surface area contributed by atoms with E-state index >= 15 is 0 Å². The van der Waals surface area contributed by atoms with Gasteiger partial charge in [-0.15, -0.1) is 0 Å². The molecule has 7 nitrogen and oxygen atoms in total. The summed E-state index contributed by atoms with van der Waals surface area (Å²) in [6.45, 7) is 2.42. The molecule has 0 saturated carbocycles. The van der Waals surface area contributed by atoms with Gasteiger partial charge in [0.2, 0.25) is 11.8 Å². The summed E-state index contributed by atoms with van der Waals surface area (Å²) in [4.78, 5) is 44.7. The maximum atomic E-state index is 14.5. The second kappa shape index (κ2) is 8.62. The van der Waals surface area contributed by atoms with Gasteiger partial charge in [0, 0.05) is 25.1 Å². The standard InChI is InChI=1S/C24H24F2N4O3/c25-15-1-2-17(27-11-15)12-29-7-5-14(6-8-29)18-9-16(26)10-19-20(18)13-30(24(19)33)21-3-4-22(31)28-23(21)32/h1-2,9-11,14,21H,3-8,12-13H2,(H,28,31,32). The number of likely N-dealkylation sites (tertiary alicyclic amines) is 1. The first-order valence-corrected chi connectivity index (χ1v) is 11.2. The summed E-state index contributed by atoms with van der Waals surface area (Å²) in [5.41, 5.74) is 2.72. The Morgan fingerprint density at radius 3 is 2.52 bits per heavy atom. The Hall–Kier alpha value is -3.20. The van der Waals surface area contributed by atoms with Gasteiger partial charge < -0.3 is 4.90 Å². The molecule has 1 N–H and O–H groups in total. The van der Waals surface area contributed by atoms with Crippen molar-refractivity contribution in [1.29, 1.82) is 0 Å². The highest BCUT2D eigenvalue weighted by molar-refractivity contribution is 6.05. The number of pyridine rings is 1. The number of halogens is 2. The number of hydrogen-bond acceptors (Lipinski definition) is 5. The SMILES string of the molecule is O=C1CCC(N2Cc3c(cc(F)cc3C3CCN(Cc4ccc(F)cn4)CC3)C2=O)C(=O)N1. The zero-order chi connectivity index (χ0) is 23.1. The van der Waals surface area contributed by atoms with Gasteiger partial charge in [0.15, 0.2) is 0 Å². The van der Waals surface area contributed by atoms with Crippen LogP contribution in [0, 0.1) is 11.6 Å². The summed E-state index contributed by atoms with van der Waals surface area (Å²) < 4.78 is 27.6. The number of nitrogens with zero attached hydrogens (tertiary/aromatic N) is 3. The molecular weight excluding hydrogens is 430 g/mol. The van der Waals surface area contributed by atoms with E-state index < -0.39 is 17.8 Å². The maximum absolute atomic E-state index is 14.5. The van der Waals surface area contributed by atoms with Crippen LogP contribution in [0.4, 0.5) is 8.78 Å². The van der Waals surface area contributed by atoms with E-state index in [1.807, 2.05) is 0 Å². The molecule has 1 atom stereocenters. The summed E-state index contributed by atoms with van der Waals surface area (Å²) in [5.74, 6) is -1.90. The number of nitrogens with one attached hydrogen (secondary N) is 1. The topological polar surface area (TPSA) is 82.6 Å². The van der Waals surface area contributed by atoms with Crippen LogP contribution in [0.5, 0.6) is 0 Å². The molecule has 9 heteroatoms. The minimum Gasteiger partial charge on any atom is -0.322 e. The minimum atomic E-state index is -0.719. The van der Waals surface area contributed by atoms with Gasteiger partial charge in [-0.1, -0.05) is 0 Å². The molecule has 1 aromatic carbocycles. The van der Waals surface area contributed by atoms with Crippen LogP contribution in [0.3, 0.4) is 0 Å². The van der Waals surface area contributed by atoms with Crippen LogP contribution in [0.1, 0.15) is 58.8 Å². The fourth-order valence-corrected chi connectivity index (χ4v) is 5.15.